The summed E-state index contributed by atoms with van der Waals surface area (Å²) in [6, 6.07) is 12.0. The molecular formula is C22H29N3O2. The van der Waals surface area contributed by atoms with E-state index in [1.54, 1.807) is 4.90 Å². The van der Waals surface area contributed by atoms with E-state index in [1.165, 1.54) is 0 Å². The largest absolute Gasteiger partial charge is 0.339 e. The maximum absolute atomic E-state index is 12.7. The quantitative estimate of drug-likeness (QED) is 0.626. The van der Waals surface area contributed by atoms with Gasteiger partial charge in [-0.3, -0.25) is 9.59 Å². The number of rotatable bonds is 9. The molecule has 1 aromatic carbocycles. The molecule has 1 atom stereocenters. The van der Waals surface area contributed by atoms with Crippen molar-refractivity contribution in [2.45, 2.75) is 57.5 Å². The number of amides is 2. The number of likely N-dealkylation sites (tertiary alicyclic amines) is 1. The number of hydrogen-bond donors (Lipinski definition) is 0. The third kappa shape index (κ3) is 6.56. The molecule has 0 N–H and O–H groups in total. The molecule has 0 aromatic heterocycles. The Balaban J connectivity index is 1.92. The van der Waals surface area contributed by atoms with E-state index in [2.05, 4.69) is 12.6 Å². The molecular weight excluding hydrogens is 338 g/mol. The highest BCUT2D eigenvalue weighted by Gasteiger charge is 2.26. The van der Waals surface area contributed by atoms with Crippen molar-refractivity contribution in [1.29, 1.82) is 5.26 Å². The molecule has 0 radical (unpaired) electrons. The number of piperidine rings is 1. The second-order valence-electron chi connectivity index (χ2n) is 6.97. The zero-order valence-electron chi connectivity index (χ0n) is 16.0. The van der Waals surface area contributed by atoms with E-state index >= 15 is 0 Å². The standard InChI is InChI=1S/C22H29N3O2/c1-2-9-20-12-6-7-17-25(20)22(27)14-13-21(26)24(16-8-15-23)18-19-10-4-3-5-11-19/h2-5,10-11,20H,1,6-9,12-14,16-18H2/t20-/m1/s1. The molecule has 1 aromatic rings. The predicted octanol–water partition coefficient (Wildman–Crippen LogP) is 3.67. The van der Waals surface area contributed by atoms with E-state index in [0.29, 0.717) is 19.5 Å². The Morgan fingerprint density at radius 1 is 1.26 bits per heavy atom. The third-order valence-corrected chi connectivity index (χ3v) is 5.00. The molecule has 5 heteroatoms. The summed E-state index contributed by atoms with van der Waals surface area (Å²) in [4.78, 5) is 28.9. The minimum Gasteiger partial charge on any atom is -0.339 e. The predicted molar refractivity (Wildman–Crippen MR) is 105 cm³/mol. The zero-order chi connectivity index (χ0) is 19.5. The molecule has 1 saturated heterocycles. The molecule has 2 amide bonds. The van der Waals surface area contributed by atoms with Crippen LogP contribution in [0.1, 0.15) is 50.5 Å². The van der Waals surface area contributed by atoms with Crippen LogP contribution in [0.15, 0.2) is 43.0 Å². The van der Waals surface area contributed by atoms with Crippen molar-refractivity contribution in [2.24, 2.45) is 0 Å². The number of hydrogen-bond acceptors (Lipinski definition) is 3. The van der Waals surface area contributed by atoms with E-state index in [0.717, 1.165) is 37.8 Å². The monoisotopic (exact) mass is 367 g/mol. The Morgan fingerprint density at radius 2 is 2.04 bits per heavy atom. The first kappa shape index (κ1) is 20.7. The molecule has 0 spiro atoms. The Morgan fingerprint density at radius 3 is 2.74 bits per heavy atom. The topological polar surface area (TPSA) is 64.4 Å². The lowest BCUT2D eigenvalue weighted by Gasteiger charge is -2.35. The highest BCUT2D eigenvalue weighted by molar-refractivity contribution is 5.84. The lowest BCUT2D eigenvalue weighted by atomic mass is 9.98. The van der Waals surface area contributed by atoms with Crippen molar-refractivity contribution < 1.29 is 9.59 Å². The van der Waals surface area contributed by atoms with Crippen LogP contribution < -0.4 is 0 Å². The van der Waals surface area contributed by atoms with Crippen molar-refractivity contribution in [3.05, 3.63) is 48.6 Å². The summed E-state index contributed by atoms with van der Waals surface area (Å²) >= 11 is 0. The summed E-state index contributed by atoms with van der Waals surface area (Å²) in [5.41, 5.74) is 1.03. The highest BCUT2D eigenvalue weighted by atomic mass is 16.2. The smallest absolute Gasteiger partial charge is 0.223 e. The average Bonchev–Trinajstić information content (AvgIpc) is 2.70. The van der Waals surface area contributed by atoms with E-state index in [1.807, 2.05) is 41.3 Å². The van der Waals surface area contributed by atoms with Gasteiger partial charge >= 0.3 is 0 Å². The van der Waals surface area contributed by atoms with E-state index < -0.39 is 0 Å². The van der Waals surface area contributed by atoms with Crippen LogP contribution in [0.3, 0.4) is 0 Å². The van der Waals surface area contributed by atoms with Crippen LogP contribution >= 0.6 is 0 Å². The Kier molecular flexibility index (Phi) is 8.57. The van der Waals surface area contributed by atoms with Gasteiger partial charge in [-0.1, -0.05) is 36.4 Å². The van der Waals surface area contributed by atoms with Crippen molar-refractivity contribution in [3.63, 3.8) is 0 Å². The number of nitrogens with zero attached hydrogens (tertiary/aromatic N) is 3. The van der Waals surface area contributed by atoms with Gasteiger partial charge in [0.15, 0.2) is 0 Å². The first-order chi connectivity index (χ1) is 13.2. The van der Waals surface area contributed by atoms with Gasteiger partial charge in [0.1, 0.15) is 0 Å². The molecule has 1 heterocycles. The number of nitriles is 1. The van der Waals surface area contributed by atoms with Gasteiger partial charge in [-0.25, -0.2) is 0 Å². The molecule has 144 valence electrons. The van der Waals surface area contributed by atoms with Crippen molar-refractivity contribution >= 4 is 11.8 Å². The summed E-state index contributed by atoms with van der Waals surface area (Å²) in [5, 5.41) is 8.87. The lowest BCUT2D eigenvalue weighted by Crippen LogP contribution is -2.44. The van der Waals surface area contributed by atoms with E-state index in [9.17, 15) is 9.59 Å². The number of carbonyl (C=O) groups is 2. The first-order valence-corrected chi connectivity index (χ1v) is 9.74. The first-order valence-electron chi connectivity index (χ1n) is 9.74. The van der Waals surface area contributed by atoms with Crippen LogP contribution in [0.25, 0.3) is 0 Å². The molecule has 27 heavy (non-hydrogen) atoms. The minimum absolute atomic E-state index is 0.0508. The van der Waals surface area contributed by atoms with E-state index in [-0.39, 0.29) is 30.7 Å². The molecule has 0 aliphatic carbocycles. The summed E-state index contributed by atoms with van der Waals surface area (Å²) in [6.07, 6.45) is 6.55. The summed E-state index contributed by atoms with van der Waals surface area (Å²) in [6.45, 7) is 5.42. The zero-order valence-corrected chi connectivity index (χ0v) is 16.0. The van der Waals surface area contributed by atoms with Crippen LogP contribution in [0.4, 0.5) is 0 Å². The molecule has 5 nitrogen and oxygen atoms in total. The molecule has 1 fully saturated rings. The summed E-state index contributed by atoms with van der Waals surface area (Å²) in [5.74, 6) is -0.0189. The number of benzene rings is 1. The molecule has 0 saturated carbocycles. The van der Waals surface area contributed by atoms with E-state index in [4.69, 9.17) is 5.26 Å². The fraction of sp³-hybridized carbons (Fsp3) is 0.500. The molecule has 1 aliphatic heterocycles. The Bertz CT molecular complexity index is 666. The Hall–Kier alpha value is -2.61. The summed E-state index contributed by atoms with van der Waals surface area (Å²) < 4.78 is 0. The number of carbonyl (C=O) groups excluding carboxylic acids is 2. The maximum Gasteiger partial charge on any atom is 0.223 e. The lowest BCUT2D eigenvalue weighted by molar-refractivity contribution is -0.139. The summed E-state index contributed by atoms with van der Waals surface area (Å²) in [7, 11) is 0. The van der Waals surface area contributed by atoms with Crippen molar-refractivity contribution in [3.8, 4) is 6.07 Å². The average molecular weight is 367 g/mol. The van der Waals surface area contributed by atoms with Crippen molar-refractivity contribution in [1.82, 2.24) is 9.80 Å². The third-order valence-electron chi connectivity index (χ3n) is 5.00. The van der Waals surface area contributed by atoms with Gasteiger partial charge < -0.3 is 9.80 Å². The maximum atomic E-state index is 12.7. The molecule has 2 rings (SSSR count). The van der Waals surface area contributed by atoms with Gasteiger partial charge in [-0.15, -0.1) is 6.58 Å². The van der Waals surface area contributed by atoms with Crippen LogP contribution in [0, 0.1) is 11.3 Å². The van der Waals surface area contributed by atoms with Gasteiger partial charge in [0.25, 0.3) is 0 Å². The SMILES string of the molecule is C=CC[C@@H]1CCCCN1C(=O)CCC(=O)N(CCC#N)Cc1ccccc1. The fourth-order valence-corrected chi connectivity index (χ4v) is 3.56. The van der Waals surface area contributed by atoms with Crippen LogP contribution in [0.5, 0.6) is 0 Å². The van der Waals surface area contributed by atoms with Gasteiger partial charge in [0.2, 0.25) is 11.8 Å². The highest BCUT2D eigenvalue weighted by Crippen LogP contribution is 2.21. The van der Waals surface area contributed by atoms with Crippen LogP contribution in [-0.2, 0) is 16.1 Å². The molecule has 1 aliphatic rings. The fourth-order valence-electron chi connectivity index (χ4n) is 3.56. The van der Waals surface area contributed by atoms with Gasteiger partial charge in [0.05, 0.1) is 12.5 Å². The minimum atomic E-state index is -0.0697. The van der Waals surface area contributed by atoms with Crippen LogP contribution in [-0.4, -0.2) is 40.7 Å². The van der Waals surface area contributed by atoms with Crippen molar-refractivity contribution in [2.75, 3.05) is 13.1 Å². The molecule has 0 bridgehead atoms. The van der Waals surface area contributed by atoms with Gasteiger partial charge in [0, 0.05) is 38.5 Å². The Labute approximate surface area is 162 Å². The second kappa shape index (κ2) is 11.2. The van der Waals surface area contributed by atoms with Gasteiger partial charge in [-0.2, -0.15) is 5.26 Å². The van der Waals surface area contributed by atoms with Crippen LogP contribution in [0.2, 0.25) is 0 Å². The normalized spacial score (nSPS) is 16.4. The second-order valence-corrected chi connectivity index (χ2v) is 6.97. The molecule has 0 unspecified atom stereocenters. The van der Waals surface area contributed by atoms with Gasteiger partial charge in [-0.05, 0) is 31.2 Å².